The number of pyridine rings is 2. The lowest BCUT2D eigenvalue weighted by Gasteiger charge is -2.26. The van der Waals surface area contributed by atoms with Crippen LogP contribution in [0.3, 0.4) is 0 Å². The zero-order chi connectivity index (χ0) is 29.0. The van der Waals surface area contributed by atoms with Crippen LogP contribution in [-0.4, -0.2) is 60.2 Å². The third kappa shape index (κ3) is 6.99. The quantitative estimate of drug-likeness (QED) is 0.200. The van der Waals surface area contributed by atoms with Gasteiger partial charge >= 0.3 is 6.03 Å². The van der Waals surface area contributed by atoms with Crippen LogP contribution in [0.15, 0.2) is 63.7 Å². The lowest BCUT2D eigenvalue weighted by molar-refractivity contribution is 0.228. The highest BCUT2D eigenvalue weighted by atomic mass is 35.5. The highest BCUT2D eigenvalue weighted by Gasteiger charge is 2.20. The minimum Gasteiger partial charge on any atom is -0.494 e. The van der Waals surface area contributed by atoms with Crippen molar-refractivity contribution in [3.63, 3.8) is 0 Å². The van der Waals surface area contributed by atoms with Gasteiger partial charge in [0.05, 0.1) is 16.2 Å². The standard InChI is InChI=1S/C27H29ClN6O5S2/c28-22-8-10-25(40-22)41(38,39)32-27(37)31-20-6-9-23(30-17-20)34-24(35)16-18-15-19(5-7-21(18)26(34)36)29-11-4-14-33-12-2-1-3-13-33/h5-10,15-17,29,36H,1-4,11-14H2,(H2,31,32,37). The first-order chi connectivity index (χ1) is 19.7. The molecule has 4 aromatic rings. The number of thiophene rings is 1. The predicted octanol–water partition coefficient (Wildman–Crippen LogP) is 4.60. The molecule has 3 aromatic heterocycles. The SMILES string of the molecule is O=C(Nc1ccc(-n2c(O)c3ccc(NCCCN4CCCCC4)cc3cc2=O)nc1)NS(=O)(=O)c1ccc(Cl)s1. The number of urea groups is 1. The molecule has 0 bridgehead atoms. The number of benzene rings is 1. The van der Waals surface area contributed by atoms with E-state index in [1.165, 1.54) is 68.9 Å². The van der Waals surface area contributed by atoms with Crippen molar-refractivity contribution in [2.45, 2.75) is 29.9 Å². The maximum atomic E-state index is 12.9. The van der Waals surface area contributed by atoms with E-state index in [0.717, 1.165) is 41.1 Å². The van der Waals surface area contributed by atoms with E-state index in [-0.39, 0.29) is 25.9 Å². The van der Waals surface area contributed by atoms with Crippen molar-refractivity contribution in [3.05, 3.63) is 69.4 Å². The predicted molar refractivity (Wildman–Crippen MR) is 161 cm³/mol. The molecule has 41 heavy (non-hydrogen) atoms. The van der Waals surface area contributed by atoms with Gasteiger partial charge in [-0.15, -0.1) is 11.3 Å². The van der Waals surface area contributed by atoms with E-state index < -0.39 is 21.6 Å². The van der Waals surface area contributed by atoms with Crippen LogP contribution < -0.4 is 20.9 Å². The summed E-state index contributed by atoms with van der Waals surface area (Å²) in [6.07, 6.45) is 6.12. The van der Waals surface area contributed by atoms with E-state index in [2.05, 4.69) is 20.5 Å². The zero-order valence-electron chi connectivity index (χ0n) is 22.0. The number of rotatable bonds is 9. The van der Waals surface area contributed by atoms with Gasteiger partial charge in [-0.2, -0.15) is 0 Å². The number of amides is 2. The number of aromatic nitrogens is 2. The number of aromatic hydroxyl groups is 1. The normalized spacial score (nSPS) is 14.2. The topological polar surface area (TPSA) is 146 Å². The Balaban J connectivity index is 1.24. The van der Waals surface area contributed by atoms with E-state index in [0.29, 0.717) is 10.8 Å². The Morgan fingerprint density at radius 2 is 1.83 bits per heavy atom. The molecule has 0 radical (unpaired) electrons. The van der Waals surface area contributed by atoms with E-state index in [4.69, 9.17) is 11.6 Å². The van der Waals surface area contributed by atoms with Gasteiger partial charge in [0.1, 0.15) is 10.0 Å². The van der Waals surface area contributed by atoms with E-state index in [1.54, 1.807) is 6.07 Å². The third-order valence-corrected chi connectivity index (χ3v) is 9.76. The van der Waals surface area contributed by atoms with Gasteiger partial charge in [0.15, 0.2) is 0 Å². The second-order valence-electron chi connectivity index (χ2n) is 9.65. The van der Waals surface area contributed by atoms with E-state index in [1.807, 2.05) is 16.9 Å². The number of carbonyl (C=O) groups is 1. The van der Waals surface area contributed by atoms with Crippen LogP contribution >= 0.6 is 22.9 Å². The molecule has 0 atom stereocenters. The molecule has 4 N–H and O–H groups in total. The number of piperidine rings is 1. The van der Waals surface area contributed by atoms with Crippen LogP contribution in [0.2, 0.25) is 4.34 Å². The molecule has 1 aliphatic heterocycles. The molecule has 0 aliphatic carbocycles. The second-order valence-corrected chi connectivity index (χ2v) is 13.3. The van der Waals surface area contributed by atoms with Gasteiger partial charge in [-0.1, -0.05) is 18.0 Å². The van der Waals surface area contributed by atoms with Crippen molar-refractivity contribution in [3.8, 4) is 11.7 Å². The molecular formula is C27H29ClN6O5S2. The number of nitrogens with zero attached hydrogens (tertiary/aromatic N) is 3. The average molecular weight is 617 g/mol. The highest BCUT2D eigenvalue weighted by molar-refractivity contribution is 7.92. The van der Waals surface area contributed by atoms with Crippen LogP contribution in [0, 0.1) is 0 Å². The first-order valence-corrected chi connectivity index (χ1v) is 15.8. The molecule has 1 fully saturated rings. The van der Waals surface area contributed by atoms with Gasteiger partial charge in [-0.3, -0.25) is 4.79 Å². The summed E-state index contributed by atoms with van der Waals surface area (Å²) in [6, 6.07) is 11.4. The van der Waals surface area contributed by atoms with Gasteiger partial charge in [0.2, 0.25) is 5.88 Å². The van der Waals surface area contributed by atoms with Crippen molar-refractivity contribution < 1.29 is 18.3 Å². The smallest absolute Gasteiger partial charge is 0.333 e. The second kappa shape index (κ2) is 12.5. The third-order valence-electron chi connectivity index (χ3n) is 6.71. The summed E-state index contributed by atoms with van der Waals surface area (Å²) in [4.78, 5) is 31.8. The maximum Gasteiger partial charge on any atom is 0.333 e. The minimum absolute atomic E-state index is 0.104. The number of hydrogen-bond acceptors (Lipinski definition) is 9. The number of anilines is 2. The fourth-order valence-electron chi connectivity index (χ4n) is 4.72. The summed E-state index contributed by atoms with van der Waals surface area (Å²) < 4.78 is 27.7. The molecule has 0 unspecified atom stereocenters. The number of likely N-dealkylation sites (tertiary alicyclic amines) is 1. The summed E-state index contributed by atoms with van der Waals surface area (Å²) in [5.41, 5.74) is 0.558. The molecule has 14 heteroatoms. The van der Waals surface area contributed by atoms with Crippen molar-refractivity contribution in [1.82, 2.24) is 19.2 Å². The van der Waals surface area contributed by atoms with Crippen molar-refractivity contribution >= 4 is 61.1 Å². The van der Waals surface area contributed by atoms with Crippen molar-refractivity contribution in [1.29, 1.82) is 0 Å². The van der Waals surface area contributed by atoms with Crippen molar-refractivity contribution in [2.24, 2.45) is 0 Å². The lowest BCUT2D eigenvalue weighted by Crippen LogP contribution is -2.34. The number of sulfonamides is 1. The summed E-state index contributed by atoms with van der Waals surface area (Å²) in [5.74, 6) is -0.142. The average Bonchev–Trinajstić information content (AvgIpc) is 3.39. The van der Waals surface area contributed by atoms with Crippen LogP contribution in [-0.2, 0) is 10.0 Å². The highest BCUT2D eigenvalue weighted by Crippen LogP contribution is 2.28. The van der Waals surface area contributed by atoms with Crippen LogP contribution in [0.5, 0.6) is 5.88 Å². The molecule has 1 aromatic carbocycles. The Hall–Kier alpha value is -3.65. The maximum absolute atomic E-state index is 12.9. The summed E-state index contributed by atoms with van der Waals surface area (Å²) in [5, 5.41) is 17.8. The first kappa shape index (κ1) is 28.9. The van der Waals surface area contributed by atoms with Gasteiger partial charge in [0, 0.05) is 23.7 Å². The molecule has 216 valence electrons. The number of halogens is 1. The zero-order valence-corrected chi connectivity index (χ0v) is 24.4. The number of fused-ring (bicyclic) bond motifs is 1. The Kier molecular flexibility index (Phi) is 8.78. The van der Waals surface area contributed by atoms with E-state index >= 15 is 0 Å². The van der Waals surface area contributed by atoms with Crippen molar-refractivity contribution in [2.75, 3.05) is 36.8 Å². The molecule has 5 rings (SSSR count). The molecule has 11 nitrogen and oxygen atoms in total. The van der Waals surface area contributed by atoms with E-state index in [9.17, 15) is 23.1 Å². The van der Waals surface area contributed by atoms with Crippen LogP contribution in [0.4, 0.5) is 16.2 Å². The molecule has 2 amide bonds. The largest absolute Gasteiger partial charge is 0.494 e. The van der Waals surface area contributed by atoms with Gasteiger partial charge < -0.3 is 20.6 Å². The Bertz CT molecular complexity index is 1720. The first-order valence-electron chi connectivity index (χ1n) is 13.1. The number of carbonyl (C=O) groups excluding carboxylic acids is 1. The monoisotopic (exact) mass is 616 g/mol. The van der Waals surface area contributed by atoms with Gasteiger partial charge in [0.25, 0.3) is 15.6 Å². The minimum atomic E-state index is -4.09. The fraction of sp³-hybridized carbons (Fsp3) is 0.296. The molecule has 4 heterocycles. The Morgan fingerprint density at radius 1 is 1.05 bits per heavy atom. The number of nitrogens with one attached hydrogen (secondary N) is 3. The Labute approximate surface area is 245 Å². The van der Waals surface area contributed by atoms with Gasteiger partial charge in [-0.05, 0) is 86.7 Å². The van der Waals surface area contributed by atoms with Gasteiger partial charge in [-0.25, -0.2) is 27.5 Å². The molecular weight excluding hydrogens is 588 g/mol. The lowest BCUT2D eigenvalue weighted by atomic mass is 10.1. The summed E-state index contributed by atoms with van der Waals surface area (Å²) >= 11 is 6.59. The summed E-state index contributed by atoms with van der Waals surface area (Å²) in [6.45, 7) is 4.20. The van der Waals surface area contributed by atoms with Crippen LogP contribution in [0.1, 0.15) is 25.7 Å². The Morgan fingerprint density at radius 3 is 2.54 bits per heavy atom. The molecule has 1 aliphatic rings. The number of hydrogen-bond donors (Lipinski definition) is 4. The fourth-order valence-corrected chi connectivity index (χ4v) is 7.11. The summed E-state index contributed by atoms with van der Waals surface area (Å²) in [7, 11) is -4.09. The molecule has 0 saturated carbocycles. The molecule has 1 saturated heterocycles. The molecule has 0 spiro atoms. The van der Waals surface area contributed by atoms with Crippen LogP contribution in [0.25, 0.3) is 16.6 Å².